The number of carbonyl (C=O) groups is 1. The van der Waals surface area contributed by atoms with E-state index in [1.54, 1.807) is 12.1 Å². The van der Waals surface area contributed by atoms with Crippen molar-refractivity contribution in [3.05, 3.63) is 74.8 Å². The Morgan fingerprint density at radius 1 is 1.00 bits per heavy atom. The van der Waals surface area contributed by atoms with Crippen LogP contribution in [0.4, 0.5) is 0 Å². The van der Waals surface area contributed by atoms with E-state index in [1.807, 2.05) is 6.07 Å². The summed E-state index contributed by atoms with van der Waals surface area (Å²) in [4.78, 5) is 11.2. The summed E-state index contributed by atoms with van der Waals surface area (Å²) >= 11 is 3.53. The van der Waals surface area contributed by atoms with Crippen molar-refractivity contribution in [2.75, 3.05) is 0 Å². The zero-order chi connectivity index (χ0) is 20.1. The van der Waals surface area contributed by atoms with Crippen molar-refractivity contribution >= 4 is 27.5 Å². The molecule has 0 saturated carbocycles. The summed E-state index contributed by atoms with van der Waals surface area (Å²) in [5, 5.41) is 9.20. The van der Waals surface area contributed by atoms with E-state index in [4.69, 9.17) is 0 Å². The maximum atomic E-state index is 11.2. The van der Waals surface area contributed by atoms with Gasteiger partial charge in [-0.25, -0.2) is 4.79 Å². The Labute approximate surface area is 170 Å². The number of benzene rings is 2. The van der Waals surface area contributed by atoms with Crippen molar-refractivity contribution < 1.29 is 9.90 Å². The number of hydrogen-bond donors (Lipinski definition) is 1. The average Bonchev–Trinajstić information content (AvgIpc) is 2.58. The minimum atomic E-state index is -0.929. The van der Waals surface area contributed by atoms with Gasteiger partial charge in [0.1, 0.15) is 0 Å². The third-order valence-electron chi connectivity index (χ3n) is 6.06. The summed E-state index contributed by atoms with van der Waals surface area (Å²) < 4.78 is 0.754. The van der Waals surface area contributed by atoms with Gasteiger partial charge < -0.3 is 5.11 Å². The molecule has 0 spiro atoms. The fourth-order valence-corrected chi connectivity index (χ4v) is 4.70. The number of aromatic carboxylic acids is 1. The molecule has 0 amide bonds. The third kappa shape index (κ3) is 3.50. The van der Waals surface area contributed by atoms with Crippen LogP contribution in [0.25, 0.3) is 5.57 Å². The van der Waals surface area contributed by atoms with Gasteiger partial charge in [0.2, 0.25) is 0 Å². The van der Waals surface area contributed by atoms with Crippen LogP contribution in [-0.4, -0.2) is 11.1 Å². The van der Waals surface area contributed by atoms with Crippen molar-refractivity contribution in [1.29, 1.82) is 0 Å². The highest BCUT2D eigenvalue weighted by Gasteiger charge is 2.37. The summed E-state index contributed by atoms with van der Waals surface area (Å²) in [5.41, 5.74) is 7.60. The first kappa shape index (κ1) is 19.9. The predicted octanol–water partition coefficient (Wildman–Crippen LogP) is 6.87. The summed E-state index contributed by atoms with van der Waals surface area (Å²) in [6, 6.07) is 9.75. The van der Waals surface area contributed by atoms with E-state index in [0.29, 0.717) is 0 Å². The number of carboxylic acid groups (broad SMARTS) is 1. The molecular weight excluding hydrogens is 400 g/mol. The Morgan fingerprint density at radius 2 is 1.56 bits per heavy atom. The Bertz CT molecular complexity index is 951. The molecule has 0 bridgehead atoms. The molecule has 0 aliphatic heterocycles. The van der Waals surface area contributed by atoms with Crippen LogP contribution in [0.2, 0.25) is 0 Å². The molecule has 2 aromatic rings. The van der Waals surface area contributed by atoms with Gasteiger partial charge in [-0.3, -0.25) is 0 Å². The van der Waals surface area contributed by atoms with Gasteiger partial charge >= 0.3 is 5.97 Å². The first-order valence-electron chi connectivity index (χ1n) is 9.32. The van der Waals surface area contributed by atoms with Gasteiger partial charge in [0.25, 0.3) is 0 Å². The van der Waals surface area contributed by atoms with E-state index in [2.05, 4.69) is 69.3 Å². The first-order chi connectivity index (χ1) is 12.4. The Morgan fingerprint density at radius 3 is 2.07 bits per heavy atom. The van der Waals surface area contributed by atoms with Crippen LogP contribution in [0.3, 0.4) is 0 Å². The molecular formula is C24H27BrO2. The molecule has 3 heteroatoms. The van der Waals surface area contributed by atoms with E-state index in [1.165, 1.54) is 29.5 Å². The van der Waals surface area contributed by atoms with Crippen molar-refractivity contribution in [3.63, 3.8) is 0 Å². The number of fused-ring (bicyclic) bond motifs is 1. The zero-order valence-corrected chi connectivity index (χ0v) is 18.3. The summed E-state index contributed by atoms with van der Waals surface area (Å²) in [7, 11) is 0. The number of carboxylic acids is 1. The molecule has 0 atom stereocenters. The Hall–Kier alpha value is -1.87. The number of halogens is 1. The summed E-state index contributed by atoms with van der Waals surface area (Å²) in [6.45, 7) is 15.8. The van der Waals surface area contributed by atoms with Crippen molar-refractivity contribution in [2.45, 2.75) is 58.3 Å². The molecule has 1 aliphatic carbocycles. The topological polar surface area (TPSA) is 37.3 Å². The van der Waals surface area contributed by atoms with Gasteiger partial charge in [-0.1, -0.05) is 68.4 Å². The summed E-state index contributed by atoms with van der Waals surface area (Å²) in [6.07, 6.45) is 2.36. The average molecular weight is 427 g/mol. The second-order valence-corrected chi connectivity index (χ2v) is 9.81. The largest absolute Gasteiger partial charge is 0.478 e. The molecule has 1 N–H and O–H groups in total. The Kier molecular flexibility index (Phi) is 4.88. The second-order valence-electron chi connectivity index (χ2n) is 8.96. The van der Waals surface area contributed by atoms with E-state index in [0.717, 1.165) is 21.2 Å². The molecule has 0 aromatic heterocycles. The SMILES string of the molecule is C=C(c1cc2c(cc1C)C(C)(C)CCC2(C)C)c1ccc(C(=O)O)cc1Br. The number of aryl methyl sites for hydroxylation is 1. The fraction of sp³-hybridized carbons (Fsp3) is 0.375. The molecule has 0 fully saturated rings. The Balaban J connectivity index is 2.13. The lowest BCUT2D eigenvalue weighted by Crippen LogP contribution is -2.34. The highest BCUT2D eigenvalue weighted by atomic mass is 79.9. The highest BCUT2D eigenvalue weighted by molar-refractivity contribution is 9.10. The minimum Gasteiger partial charge on any atom is -0.478 e. The van der Waals surface area contributed by atoms with Crippen molar-refractivity contribution in [2.24, 2.45) is 0 Å². The van der Waals surface area contributed by atoms with E-state index >= 15 is 0 Å². The van der Waals surface area contributed by atoms with Gasteiger partial charge in [0.05, 0.1) is 5.56 Å². The van der Waals surface area contributed by atoms with Crippen LogP contribution < -0.4 is 0 Å². The van der Waals surface area contributed by atoms with Crippen molar-refractivity contribution in [1.82, 2.24) is 0 Å². The maximum absolute atomic E-state index is 11.2. The molecule has 0 radical (unpaired) electrons. The minimum absolute atomic E-state index is 0.137. The first-order valence-corrected chi connectivity index (χ1v) is 10.1. The normalized spacial score (nSPS) is 17.3. The lowest BCUT2D eigenvalue weighted by molar-refractivity contribution is 0.0697. The molecule has 0 saturated heterocycles. The molecule has 0 unspecified atom stereocenters. The quantitative estimate of drug-likeness (QED) is 0.581. The molecule has 2 aromatic carbocycles. The van der Waals surface area contributed by atoms with Gasteiger partial charge in [-0.2, -0.15) is 0 Å². The monoisotopic (exact) mass is 426 g/mol. The van der Waals surface area contributed by atoms with Crippen LogP contribution in [0.1, 0.15) is 78.7 Å². The zero-order valence-electron chi connectivity index (χ0n) is 16.7. The highest BCUT2D eigenvalue weighted by Crippen LogP contribution is 2.47. The van der Waals surface area contributed by atoms with Crippen molar-refractivity contribution in [3.8, 4) is 0 Å². The van der Waals surface area contributed by atoms with Crippen LogP contribution in [0, 0.1) is 6.92 Å². The van der Waals surface area contributed by atoms with Gasteiger partial charge in [0.15, 0.2) is 0 Å². The van der Waals surface area contributed by atoms with E-state index in [-0.39, 0.29) is 16.4 Å². The molecule has 3 rings (SSSR count). The molecule has 27 heavy (non-hydrogen) atoms. The maximum Gasteiger partial charge on any atom is 0.335 e. The predicted molar refractivity (Wildman–Crippen MR) is 116 cm³/mol. The van der Waals surface area contributed by atoms with Crippen LogP contribution in [-0.2, 0) is 10.8 Å². The molecule has 0 heterocycles. The van der Waals surface area contributed by atoms with Gasteiger partial charge in [-0.05, 0) is 76.1 Å². The number of rotatable bonds is 3. The number of hydrogen-bond acceptors (Lipinski definition) is 1. The van der Waals surface area contributed by atoms with Crippen LogP contribution in [0.15, 0.2) is 41.4 Å². The van der Waals surface area contributed by atoms with E-state index in [9.17, 15) is 9.90 Å². The van der Waals surface area contributed by atoms with Gasteiger partial charge in [0, 0.05) is 4.47 Å². The lowest BCUT2D eigenvalue weighted by atomic mass is 9.62. The van der Waals surface area contributed by atoms with E-state index < -0.39 is 5.97 Å². The third-order valence-corrected chi connectivity index (χ3v) is 6.72. The second kappa shape index (κ2) is 6.63. The van der Waals surface area contributed by atoms with Crippen LogP contribution in [0.5, 0.6) is 0 Å². The smallest absolute Gasteiger partial charge is 0.335 e. The fourth-order valence-electron chi connectivity index (χ4n) is 4.09. The summed E-state index contributed by atoms with van der Waals surface area (Å²) in [5.74, 6) is -0.929. The molecule has 2 nitrogen and oxygen atoms in total. The molecule has 1 aliphatic rings. The molecule has 142 valence electrons. The standard InChI is InChI=1S/C24H27BrO2/c1-14-11-19-20(24(5,6)10-9-23(19,3)4)13-18(14)15(2)17-8-7-16(22(26)27)12-21(17)25/h7-8,11-13H,2,9-10H2,1,3-6H3,(H,26,27). The van der Waals surface area contributed by atoms with Crippen LogP contribution >= 0.6 is 15.9 Å². The van der Waals surface area contributed by atoms with Gasteiger partial charge in [-0.15, -0.1) is 0 Å². The lowest BCUT2D eigenvalue weighted by Gasteiger charge is -2.42.